The van der Waals surface area contributed by atoms with Gasteiger partial charge in [0.05, 0.1) is 12.1 Å². The lowest BCUT2D eigenvalue weighted by atomic mass is 9.93. The Labute approximate surface area is 126 Å². The Balaban J connectivity index is 2.26. The number of halogens is 1. The van der Waals surface area contributed by atoms with Crippen LogP contribution in [0.2, 0.25) is 0 Å². The molecule has 112 valence electrons. The van der Waals surface area contributed by atoms with Gasteiger partial charge in [0.15, 0.2) is 5.41 Å². The first-order valence-corrected chi connectivity index (χ1v) is 6.53. The third kappa shape index (κ3) is 1.22. The zero-order chi connectivity index (χ0) is 16.2. The monoisotopic (exact) mass is 300 g/mol. The highest BCUT2D eigenvalue weighted by atomic mass is 19.1. The minimum absolute atomic E-state index is 0.0329. The van der Waals surface area contributed by atoms with Crippen LogP contribution in [-0.2, 0) is 9.47 Å². The van der Waals surface area contributed by atoms with Crippen LogP contribution in [0, 0.1) is 39.3 Å². The SMILES string of the molecule is COC1(OC)N=C(N)[C@@]2(C#N)[C@@H](c3cccc(F)c3)[C@@]12C#N. The highest BCUT2D eigenvalue weighted by Gasteiger charge is 2.93. The normalized spacial score (nSPS) is 34.2. The maximum atomic E-state index is 13.6. The minimum Gasteiger partial charge on any atom is -0.386 e. The Bertz CT molecular complexity index is 762. The fraction of sp³-hybridized carbons (Fsp3) is 0.400. The number of amidine groups is 1. The average molecular weight is 300 g/mol. The van der Waals surface area contributed by atoms with Crippen molar-refractivity contribution in [2.75, 3.05) is 14.2 Å². The Morgan fingerprint density at radius 1 is 1.27 bits per heavy atom. The molecule has 22 heavy (non-hydrogen) atoms. The van der Waals surface area contributed by atoms with Crippen molar-refractivity contribution in [1.82, 2.24) is 0 Å². The van der Waals surface area contributed by atoms with Crippen molar-refractivity contribution < 1.29 is 13.9 Å². The van der Waals surface area contributed by atoms with Crippen LogP contribution in [-0.4, -0.2) is 26.0 Å². The van der Waals surface area contributed by atoms with Gasteiger partial charge in [-0.1, -0.05) is 12.1 Å². The van der Waals surface area contributed by atoms with Crippen LogP contribution in [0.15, 0.2) is 29.3 Å². The molecule has 0 spiro atoms. The summed E-state index contributed by atoms with van der Waals surface area (Å²) in [6.07, 6.45) is 0. The summed E-state index contributed by atoms with van der Waals surface area (Å²) in [5.74, 6) is -2.85. The molecule has 0 unspecified atom stereocenters. The van der Waals surface area contributed by atoms with E-state index in [9.17, 15) is 14.9 Å². The standard InChI is InChI=1S/C15H13FN4O2/c1-21-15(22-2)14(8-18)11(9-4-3-5-10(16)6-9)13(14,7-17)12(19)20-15/h3-6,11H,1-2H3,(H2,19,20)/t11-,13-,14-/m1/s1. The van der Waals surface area contributed by atoms with Crippen LogP contribution < -0.4 is 5.73 Å². The molecule has 0 aromatic heterocycles. The van der Waals surface area contributed by atoms with Gasteiger partial charge in [-0.2, -0.15) is 10.5 Å². The summed E-state index contributed by atoms with van der Waals surface area (Å²) >= 11 is 0. The largest absolute Gasteiger partial charge is 0.386 e. The van der Waals surface area contributed by atoms with Crippen LogP contribution in [0.3, 0.4) is 0 Å². The van der Waals surface area contributed by atoms with Crippen LogP contribution in [0.1, 0.15) is 11.5 Å². The molecule has 1 saturated carbocycles. The smallest absolute Gasteiger partial charge is 0.292 e. The molecule has 1 aromatic carbocycles. The van der Waals surface area contributed by atoms with Crippen molar-refractivity contribution in [3.63, 3.8) is 0 Å². The summed E-state index contributed by atoms with van der Waals surface area (Å²) in [7, 11) is 2.65. The predicted octanol–water partition coefficient (Wildman–Crippen LogP) is 1.26. The van der Waals surface area contributed by atoms with Crippen molar-refractivity contribution in [3.05, 3.63) is 35.6 Å². The molecular weight excluding hydrogens is 287 g/mol. The molecule has 2 aliphatic rings. The molecule has 0 amide bonds. The molecule has 7 heteroatoms. The molecule has 1 aliphatic carbocycles. The van der Waals surface area contributed by atoms with Gasteiger partial charge in [-0.3, -0.25) is 0 Å². The molecule has 3 rings (SSSR count). The second-order valence-electron chi connectivity index (χ2n) is 5.31. The number of aliphatic imine (C=N–C) groups is 1. The molecule has 1 fully saturated rings. The summed E-state index contributed by atoms with van der Waals surface area (Å²) in [6.45, 7) is 0. The van der Waals surface area contributed by atoms with Crippen molar-refractivity contribution in [2.45, 2.75) is 11.8 Å². The van der Waals surface area contributed by atoms with Gasteiger partial charge < -0.3 is 15.2 Å². The lowest BCUT2D eigenvalue weighted by molar-refractivity contribution is -0.230. The van der Waals surface area contributed by atoms with Crippen LogP contribution in [0.25, 0.3) is 0 Å². The molecule has 2 N–H and O–H groups in total. The van der Waals surface area contributed by atoms with E-state index < -0.39 is 28.5 Å². The van der Waals surface area contributed by atoms with E-state index in [-0.39, 0.29) is 5.84 Å². The number of nitriles is 2. The van der Waals surface area contributed by atoms with Gasteiger partial charge >= 0.3 is 0 Å². The first-order chi connectivity index (χ1) is 10.5. The Kier molecular flexibility index (Phi) is 2.80. The molecule has 6 nitrogen and oxygen atoms in total. The van der Waals surface area contributed by atoms with Crippen molar-refractivity contribution in [1.29, 1.82) is 10.5 Å². The number of benzene rings is 1. The summed E-state index contributed by atoms with van der Waals surface area (Å²) in [4.78, 5) is 4.08. The zero-order valence-corrected chi connectivity index (χ0v) is 12.0. The lowest BCUT2D eigenvalue weighted by Gasteiger charge is -2.29. The Morgan fingerprint density at radius 2 is 1.95 bits per heavy atom. The molecule has 1 aromatic rings. The molecule has 0 saturated heterocycles. The van der Waals surface area contributed by atoms with Gasteiger partial charge in [-0.15, -0.1) is 0 Å². The summed E-state index contributed by atoms with van der Waals surface area (Å²) in [6, 6.07) is 9.93. The summed E-state index contributed by atoms with van der Waals surface area (Å²) in [5.41, 5.74) is 3.59. The van der Waals surface area contributed by atoms with E-state index in [0.29, 0.717) is 5.56 Å². The summed E-state index contributed by atoms with van der Waals surface area (Å²) in [5, 5.41) is 19.5. The fourth-order valence-electron chi connectivity index (χ4n) is 3.71. The lowest BCUT2D eigenvalue weighted by Crippen LogP contribution is -2.41. The number of hydrogen-bond acceptors (Lipinski definition) is 6. The summed E-state index contributed by atoms with van der Waals surface area (Å²) < 4.78 is 24.2. The van der Waals surface area contributed by atoms with Gasteiger partial charge in [-0.05, 0) is 17.7 Å². The van der Waals surface area contributed by atoms with Gasteiger partial charge in [0.2, 0.25) is 0 Å². The number of nitrogens with two attached hydrogens (primary N) is 1. The van der Waals surface area contributed by atoms with Crippen LogP contribution in [0.4, 0.5) is 4.39 Å². The fourth-order valence-corrected chi connectivity index (χ4v) is 3.71. The number of hydrogen-bond donors (Lipinski definition) is 1. The van der Waals surface area contributed by atoms with Gasteiger partial charge in [0, 0.05) is 20.1 Å². The predicted molar refractivity (Wildman–Crippen MR) is 73.6 cm³/mol. The molecular formula is C15H13FN4O2. The molecule has 3 atom stereocenters. The highest BCUT2D eigenvalue weighted by molar-refractivity contribution is 6.00. The zero-order valence-electron chi connectivity index (χ0n) is 12.0. The van der Waals surface area contributed by atoms with Crippen LogP contribution >= 0.6 is 0 Å². The van der Waals surface area contributed by atoms with Crippen molar-refractivity contribution >= 4 is 5.84 Å². The quantitative estimate of drug-likeness (QED) is 0.846. The average Bonchev–Trinajstić information content (AvgIpc) is 3.11. The van der Waals surface area contributed by atoms with Crippen molar-refractivity contribution in [2.24, 2.45) is 21.6 Å². The maximum Gasteiger partial charge on any atom is 0.292 e. The Hall–Kier alpha value is -2.48. The highest BCUT2D eigenvalue weighted by Crippen LogP contribution is 2.81. The maximum absolute atomic E-state index is 13.6. The van der Waals surface area contributed by atoms with E-state index in [2.05, 4.69) is 17.1 Å². The number of fused-ring (bicyclic) bond motifs is 1. The van der Waals surface area contributed by atoms with E-state index in [1.807, 2.05) is 0 Å². The Morgan fingerprint density at radius 3 is 2.45 bits per heavy atom. The van der Waals surface area contributed by atoms with Gasteiger partial charge in [-0.25, -0.2) is 9.38 Å². The number of ether oxygens (including phenoxy) is 2. The van der Waals surface area contributed by atoms with E-state index in [1.165, 1.54) is 32.4 Å². The third-order valence-corrected chi connectivity index (χ3v) is 4.66. The number of methoxy groups -OCH3 is 2. The first kappa shape index (κ1) is 14.5. The molecule has 1 aliphatic heterocycles. The van der Waals surface area contributed by atoms with E-state index >= 15 is 0 Å². The van der Waals surface area contributed by atoms with Gasteiger partial charge in [0.25, 0.3) is 5.91 Å². The molecule has 0 bridgehead atoms. The number of nitrogens with zero attached hydrogens (tertiary/aromatic N) is 3. The second kappa shape index (κ2) is 4.26. The third-order valence-electron chi connectivity index (χ3n) is 4.66. The van der Waals surface area contributed by atoms with Crippen molar-refractivity contribution in [3.8, 4) is 12.1 Å². The van der Waals surface area contributed by atoms with Crippen LogP contribution in [0.5, 0.6) is 0 Å². The topological polar surface area (TPSA) is 104 Å². The number of rotatable bonds is 3. The molecule has 0 radical (unpaired) electrons. The first-order valence-electron chi connectivity index (χ1n) is 6.53. The van der Waals surface area contributed by atoms with Gasteiger partial charge in [0.1, 0.15) is 17.1 Å². The van der Waals surface area contributed by atoms with E-state index in [0.717, 1.165) is 0 Å². The van der Waals surface area contributed by atoms with E-state index in [4.69, 9.17) is 15.2 Å². The van der Waals surface area contributed by atoms with E-state index in [1.54, 1.807) is 6.07 Å². The minimum atomic E-state index is -1.68. The second-order valence-corrected chi connectivity index (χ2v) is 5.31. The molecule has 1 heterocycles.